The number of aliphatic imine (C=N–C) groups is 1. The zero-order chi connectivity index (χ0) is 23.3. The Labute approximate surface area is 183 Å². The van der Waals surface area contributed by atoms with Crippen molar-refractivity contribution in [1.82, 2.24) is 10.3 Å². The van der Waals surface area contributed by atoms with Gasteiger partial charge in [-0.05, 0) is 13.0 Å². The summed E-state index contributed by atoms with van der Waals surface area (Å²) in [7, 11) is 1.45. The number of para-hydroxylation sites is 1. The van der Waals surface area contributed by atoms with Crippen LogP contribution in [-0.4, -0.2) is 37.2 Å². The Balaban J connectivity index is 2.19. The van der Waals surface area contributed by atoms with Crippen LogP contribution in [-0.2, 0) is 9.53 Å². The van der Waals surface area contributed by atoms with Gasteiger partial charge >= 0.3 is 5.97 Å². The van der Waals surface area contributed by atoms with Crippen LogP contribution >= 0.6 is 0 Å². The molecule has 12 nitrogen and oxygen atoms in total. The summed E-state index contributed by atoms with van der Waals surface area (Å²) < 4.78 is 16.1. The molecule has 1 unspecified atom stereocenters. The fourth-order valence-electron chi connectivity index (χ4n) is 3.20. The molecule has 0 fully saturated rings. The van der Waals surface area contributed by atoms with Gasteiger partial charge in [0.15, 0.2) is 24.3 Å². The van der Waals surface area contributed by atoms with E-state index >= 15 is 0 Å². The van der Waals surface area contributed by atoms with Gasteiger partial charge in [-0.25, -0.2) is 14.8 Å². The Hall–Kier alpha value is -4.71. The molecule has 1 atom stereocenters. The monoisotopic (exact) mass is 436 g/mol. The number of guanidine groups is 1. The second-order valence-electron chi connectivity index (χ2n) is 6.37. The maximum atomic E-state index is 11.9. The summed E-state index contributed by atoms with van der Waals surface area (Å²) in [6, 6.07) is 6.11. The average molecular weight is 436 g/mol. The second kappa shape index (κ2) is 9.40. The highest BCUT2D eigenvalue weighted by molar-refractivity contribution is 5.98. The highest BCUT2D eigenvalue weighted by Crippen LogP contribution is 2.45. The Morgan fingerprint density at radius 2 is 2.12 bits per heavy atom. The fraction of sp³-hybridized carbons (Fsp3) is 0.250. The molecule has 2 heterocycles. The number of fused-ring (bicyclic) bond motifs is 1. The first-order valence-electron chi connectivity index (χ1n) is 9.39. The van der Waals surface area contributed by atoms with Crippen molar-refractivity contribution in [3.05, 3.63) is 34.9 Å². The Morgan fingerprint density at radius 1 is 1.34 bits per heavy atom. The Morgan fingerprint density at radius 3 is 2.78 bits per heavy atom. The van der Waals surface area contributed by atoms with E-state index in [9.17, 15) is 10.1 Å². The lowest BCUT2D eigenvalue weighted by atomic mass is 9.94. The molecule has 0 bridgehead atoms. The molecule has 12 heteroatoms. The number of nitrogen functional groups attached to an aromatic ring is 2. The number of benzene rings is 1. The van der Waals surface area contributed by atoms with Crippen LogP contribution in [0.25, 0.3) is 0 Å². The number of nitrogens with two attached hydrogens (primary N) is 2. The molecule has 0 aliphatic carbocycles. The van der Waals surface area contributed by atoms with Crippen molar-refractivity contribution in [2.24, 2.45) is 4.99 Å². The van der Waals surface area contributed by atoms with Crippen molar-refractivity contribution >= 4 is 29.3 Å². The quantitative estimate of drug-likeness (QED) is 0.287. The molecule has 3 rings (SSSR count). The number of pyridine rings is 1. The predicted octanol–water partition coefficient (Wildman–Crippen LogP) is 1.01. The number of methoxy groups -OCH3 is 1. The lowest BCUT2D eigenvalue weighted by Crippen LogP contribution is -2.33. The molecule has 0 spiro atoms. The highest BCUT2D eigenvalue weighted by Gasteiger charge is 2.32. The SMILES string of the molecule is CCOC(=O)COc1c(OC)cccc1C1N=C(NC#N)Nc2nc(N)c(C#N)c(N)c21. The van der Waals surface area contributed by atoms with Crippen LogP contribution in [0.1, 0.15) is 29.7 Å². The molecule has 0 saturated heterocycles. The van der Waals surface area contributed by atoms with E-state index in [1.54, 1.807) is 31.3 Å². The summed E-state index contributed by atoms with van der Waals surface area (Å²) in [5.41, 5.74) is 13.0. The van der Waals surface area contributed by atoms with Gasteiger partial charge in [-0.3, -0.25) is 5.32 Å². The van der Waals surface area contributed by atoms with Crippen molar-refractivity contribution in [1.29, 1.82) is 10.5 Å². The number of carbonyl (C=O) groups is 1. The van der Waals surface area contributed by atoms with Crippen molar-refractivity contribution in [2.45, 2.75) is 13.0 Å². The molecule has 0 saturated carbocycles. The van der Waals surface area contributed by atoms with E-state index in [1.165, 1.54) is 7.11 Å². The van der Waals surface area contributed by atoms with Gasteiger partial charge in [0, 0.05) is 11.1 Å². The van der Waals surface area contributed by atoms with Gasteiger partial charge in [-0.1, -0.05) is 12.1 Å². The fourth-order valence-corrected chi connectivity index (χ4v) is 3.20. The molecule has 0 radical (unpaired) electrons. The topological polar surface area (TPSA) is 194 Å². The number of nitrogens with zero attached hydrogens (tertiary/aromatic N) is 4. The lowest BCUT2D eigenvalue weighted by Gasteiger charge is -2.27. The van der Waals surface area contributed by atoms with Crippen LogP contribution < -0.4 is 31.6 Å². The lowest BCUT2D eigenvalue weighted by molar-refractivity contribution is -0.145. The van der Waals surface area contributed by atoms with E-state index in [-0.39, 0.29) is 47.8 Å². The molecule has 2 aromatic rings. The summed E-state index contributed by atoms with van der Waals surface area (Å²) >= 11 is 0. The molecule has 1 aliphatic rings. The summed E-state index contributed by atoms with van der Waals surface area (Å²) in [6.07, 6.45) is 1.78. The van der Waals surface area contributed by atoms with Crippen LogP contribution in [0, 0.1) is 22.8 Å². The standard InChI is InChI=1S/C20H20N8O4/c1-3-31-13(29)8-32-17-10(5-4-6-12(17)30-2)16-14-15(23)11(7-21)18(24)27-19(14)28-20(26-16)25-9-22/h4-6,16H,3,8H2,1-2H3,(H6,23,24,25,26,27,28). The summed E-state index contributed by atoms with van der Waals surface area (Å²) in [6.45, 7) is 1.52. The number of hydrogen-bond donors (Lipinski definition) is 4. The normalized spacial score (nSPS) is 14.0. The first-order valence-corrected chi connectivity index (χ1v) is 9.39. The first-order chi connectivity index (χ1) is 15.4. The third kappa shape index (κ3) is 4.11. The Kier molecular flexibility index (Phi) is 6.46. The number of aromatic nitrogens is 1. The van der Waals surface area contributed by atoms with Crippen LogP contribution in [0.2, 0.25) is 0 Å². The summed E-state index contributed by atoms with van der Waals surface area (Å²) in [5, 5.41) is 23.8. The van der Waals surface area contributed by atoms with E-state index in [4.69, 9.17) is 30.9 Å². The van der Waals surface area contributed by atoms with Crippen molar-refractivity contribution in [3.63, 3.8) is 0 Å². The summed E-state index contributed by atoms with van der Waals surface area (Å²) in [5.74, 6) is 0.217. The van der Waals surface area contributed by atoms with E-state index in [2.05, 4.69) is 20.6 Å². The summed E-state index contributed by atoms with van der Waals surface area (Å²) in [4.78, 5) is 20.6. The van der Waals surface area contributed by atoms with Gasteiger partial charge in [-0.2, -0.15) is 10.5 Å². The molecule has 1 aliphatic heterocycles. The van der Waals surface area contributed by atoms with Crippen molar-refractivity contribution < 1.29 is 19.0 Å². The third-order valence-corrected chi connectivity index (χ3v) is 4.52. The van der Waals surface area contributed by atoms with E-state index in [1.807, 2.05) is 6.07 Å². The number of carbonyl (C=O) groups excluding carboxylic acids is 1. The zero-order valence-electron chi connectivity index (χ0n) is 17.3. The average Bonchev–Trinajstić information content (AvgIpc) is 2.77. The first kappa shape index (κ1) is 22.0. The van der Waals surface area contributed by atoms with Gasteiger partial charge in [0.25, 0.3) is 0 Å². The largest absolute Gasteiger partial charge is 0.493 e. The number of nitriles is 2. The molecule has 32 heavy (non-hydrogen) atoms. The second-order valence-corrected chi connectivity index (χ2v) is 6.37. The van der Waals surface area contributed by atoms with Crippen LogP contribution in [0.3, 0.4) is 0 Å². The number of anilines is 3. The van der Waals surface area contributed by atoms with Gasteiger partial charge in [-0.15, -0.1) is 0 Å². The van der Waals surface area contributed by atoms with E-state index in [0.29, 0.717) is 16.9 Å². The third-order valence-electron chi connectivity index (χ3n) is 4.52. The van der Waals surface area contributed by atoms with Crippen molar-refractivity contribution in [3.8, 4) is 23.8 Å². The molecular weight excluding hydrogens is 416 g/mol. The van der Waals surface area contributed by atoms with Crippen LogP contribution in [0.15, 0.2) is 23.2 Å². The Bertz CT molecular complexity index is 1170. The number of hydrogen-bond acceptors (Lipinski definition) is 12. The minimum Gasteiger partial charge on any atom is -0.493 e. The van der Waals surface area contributed by atoms with Gasteiger partial charge < -0.3 is 31.0 Å². The van der Waals surface area contributed by atoms with Crippen LogP contribution in [0.4, 0.5) is 17.3 Å². The molecule has 6 N–H and O–H groups in total. The van der Waals surface area contributed by atoms with Crippen molar-refractivity contribution in [2.75, 3.05) is 37.1 Å². The highest BCUT2D eigenvalue weighted by atomic mass is 16.6. The zero-order valence-corrected chi connectivity index (χ0v) is 17.3. The minimum absolute atomic E-state index is 0.000620. The van der Waals surface area contributed by atoms with Crippen LogP contribution in [0.5, 0.6) is 11.5 Å². The maximum absolute atomic E-state index is 11.9. The number of rotatable bonds is 6. The molecule has 0 amide bonds. The maximum Gasteiger partial charge on any atom is 0.344 e. The van der Waals surface area contributed by atoms with Gasteiger partial charge in [0.1, 0.15) is 29.3 Å². The van der Waals surface area contributed by atoms with E-state index < -0.39 is 12.0 Å². The molecule has 164 valence electrons. The van der Waals surface area contributed by atoms with E-state index in [0.717, 1.165) is 0 Å². The molecule has 1 aromatic heterocycles. The van der Waals surface area contributed by atoms with Gasteiger partial charge in [0.2, 0.25) is 5.96 Å². The minimum atomic E-state index is -0.866. The molecular formula is C20H20N8O4. The molecule has 1 aromatic carbocycles. The predicted molar refractivity (Wildman–Crippen MR) is 115 cm³/mol. The number of esters is 1. The van der Waals surface area contributed by atoms with Gasteiger partial charge in [0.05, 0.1) is 19.4 Å². The number of ether oxygens (including phenoxy) is 3. The smallest absolute Gasteiger partial charge is 0.344 e. The number of nitrogens with one attached hydrogen (secondary N) is 2.